The maximum atomic E-state index is 5.55. The second-order valence-electron chi connectivity index (χ2n) is 7.20. The van der Waals surface area contributed by atoms with Crippen LogP contribution < -0.4 is 27.0 Å². The van der Waals surface area contributed by atoms with Crippen molar-refractivity contribution in [2.75, 3.05) is 39.3 Å². The fraction of sp³-hybridized carbons (Fsp3) is 0.455. The summed E-state index contributed by atoms with van der Waals surface area (Å²) in [5.41, 5.74) is 9.50. The van der Waals surface area contributed by atoms with Crippen LogP contribution in [-0.2, 0) is 13.0 Å². The van der Waals surface area contributed by atoms with Gasteiger partial charge in [-0.2, -0.15) is 0 Å². The summed E-state index contributed by atoms with van der Waals surface area (Å²) in [5, 5.41) is 13.8. The lowest BCUT2D eigenvalue weighted by atomic mass is 10.0. The first kappa shape index (κ1) is 20.0. The quantitative estimate of drug-likeness (QED) is 0.561. The van der Waals surface area contributed by atoms with Gasteiger partial charge in [0, 0.05) is 57.9 Å². The van der Waals surface area contributed by atoms with Gasteiger partial charge in [-0.15, -0.1) is 0 Å². The molecule has 0 aliphatic carbocycles. The van der Waals surface area contributed by atoms with Gasteiger partial charge < -0.3 is 27.0 Å². The number of hydrogen-bond donors (Lipinski definition) is 5. The highest BCUT2D eigenvalue weighted by Gasteiger charge is 2.13. The summed E-state index contributed by atoms with van der Waals surface area (Å²) in [6, 6.07) is 20.2. The smallest absolute Gasteiger partial charge is 0.0447 e. The van der Waals surface area contributed by atoms with Crippen LogP contribution in [0.2, 0.25) is 0 Å². The molecule has 2 heterocycles. The third kappa shape index (κ3) is 6.72. The first-order chi connectivity index (χ1) is 13.3. The maximum Gasteiger partial charge on any atom is 0.0447 e. The molecule has 27 heavy (non-hydrogen) atoms. The molecule has 2 unspecified atom stereocenters. The lowest BCUT2D eigenvalue weighted by Crippen LogP contribution is -2.49. The topological polar surface area (TPSA) is 74.1 Å². The number of piperazine rings is 2. The first-order valence-electron chi connectivity index (χ1n) is 10.1. The van der Waals surface area contributed by atoms with Gasteiger partial charge in [0.2, 0.25) is 0 Å². The molecule has 4 rings (SSSR count). The Bertz CT molecular complexity index is 632. The minimum atomic E-state index is 0.454. The van der Waals surface area contributed by atoms with Gasteiger partial charge in [0.05, 0.1) is 0 Å². The van der Waals surface area contributed by atoms with Gasteiger partial charge in [-0.25, -0.2) is 0 Å². The van der Waals surface area contributed by atoms with E-state index in [-0.39, 0.29) is 0 Å². The van der Waals surface area contributed by atoms with E-state index in [2.05, 4.69) is 75.9 Å². The second-order valence-corrected chi connectivity index (χ2v) is 7.20. The van der Waals surface area contributed by atoms with E-state index in [9.17, 15) is 0 Å². The average molecular weight is 368 g/mol. The Kier molecular flexibility index (Phi) is 8.27. The Balaban J connectivity index is 0.000000156. The number of nitrogens with two attached hydrogens (primary N) is 1. The predicted molar refractivity (Wildman–Crippen MR) is 113 cm³/mol. The molecule has 0 radical (unpaired) electrons. The summed E-state index contributed by atoms with van der Waals surface area (Å²) in [6.07, 6.45) is 1.13. The van der Waals surface area contributed by atoms with E-state index >= 15 is 0 Å². The van der Waals surface area contributed by atoms with Crippen molar-refractivity contribution in [3.05, 3.63) is 71.3 Å². The van der Waals surface area contributed by atoms with E-state index in [1.165, 1.54) is 16.7 Å². The van der Waals surface area contributed by atoms with E-state index < -0.39 is 0 Å². The number of rotatable bonds is 4. The summed E-state index contributed by atoms with van der Waals surface area (Å²) in [7, 11) is 0. The van der Waals surface area contributed by atoms with Gasteiger partial charge in [-0.3, -0.25) is 0 Å². The Morgan fingerprint density at radius 2 is 1.44 bits per heavy atom. The molecule has 6 N–H and O–H groups in total. The molecular weight excluding hydrogens is 334 g/mol. The zero-order valence-electron chi connectivity index (χ0n) is 16.1. The van der Waals surface area contributed by atoms with Crippen LogP contribution >= 0.6 is 0 Å². The lowest BCUT2D eigenvalue weighted by molar-refractivity contribution is 0.416. The van der Waals surface area contributed by atoms with E-state index in [4.69, 9.17) is 5.73 Å². The Hall–Kier alpha value is -1.76. The molecule has 0 bridgehead atoms. The van der Waals surface area contributed by atoms with Crippen molar-refractivity contribution in [2.45, 2.75) is 25.0 Å². The maximum absolute atomic E-state index is 5.55. The van der Waals surface area contributed by atoms with Gasteiger partial charge in [0.1, 0.15) is 0 Å². The molecule has 146 valence electrons. The minimum absolute atomic E-state index is 0.454. The summed E-state index contributed by atoms with van der Waals surface area (Å²) in [4.78, 5) is 0. The average Bonchev–Trinajstić information content (AvgIpc) is 2.76. The molecule has 2 aliphatic heterocycles. The van der Waals surface area contributed by atoms with Gasteiger partial charge in [0.25, 0.3) is 0 Å². The zero-order valence-corrected chi connectivity index (χ0v) is 16.1. The molecular formula is C22H33N5. The van der Waals surface area contributed by atoms with E-state index in [1.807, 2.05) is 0 Å². The number of hydrogen-bond acceptors (Lipinski definition) is 5. The predicted octanol–water partition coefficient (Wildman–Crippen LogP) is 1.17. The molecule has 2 atom stereocenters. The highest BCUT2D eigenvalue weighted by atomic mass is 15.1. The molecule has 5 nitrogen and oxygen atoms in total. The summed E-state index contributed by atoms with van der Waals surface area (Å²) < 4.78 is 0. The Labute approximate surface area is 163 Å². The normalized spacial score (nSPS) is 22.6. The van der Waals surface area contributed by atoms with E-state index in [0.29, 0.717) is 18.6 Å². The lowest BCUT2D eigenvalue weighted by Gasteiger charge is -2.24. The van der Waals surface area contributed by atoms with Crippen molar-refractivity contribution in [3.63, 3.8) is 0 Å². The van der Waals surface area contributed by atoms with Crippen LogP contribution in [0.3, 0.4) is 0 Å². The molecule has 0 aromatic heterocycles. The molecule has 2 aromatic rings. The fourth-order valence-corrected chi connectivity index (χ4v) is 3.53. The van der Waals surface area contributed by atoms with Gasteiger partial charge in [0.15, 0.2) is 0 Å². The Morgan fingerprint density at radius 3 is 2.04 bits per heavy atom. The SMILES string of the molecule is NCc1ccc(C2CNCCN2)cc1.c1ccc(CC2CNCCN2)cc1. The van der Waals surface area contributed by atoms with Crippen LogP contribution in [0.5, 0.6) is 0 Å². The standard InChI is InChI=1S/C11H17N3.C11H16N2/c12-7-9-1-3-10(4-2-9)11-8-13-5-6-14-11;1-2-4-10(5-3-1)8-11-9-12-6-7-13-11/h1-4,11,13-14H,5-8,12H2;1-5,11-13H,6-9H2. The van der Waals surface area contributed by atoms with Crippen molar-refractivity contribution in [3.8, 4) is 0 Å². The van der Waals surface area contributed by atoms with Crippen molar-refractivity contribution < 1.29 is 0 Å². The second kappa shape index (κ2) is 11.2. The zero-order chi connectivity index (χ0) is 18.7. The van der Waals surface area contributed by atoms with Gasteiger partial charge >= 0.3 is 0 Å². The van der Waals surface area contributed by atoms with Crippen LogP contribution in [0.4, 0.5) is 0 Å². The highest BCUT2D eigenvalue weighted by Crippen LogP contribution is 2.14. The largest absolute Gasteiger partial charge is 0.326 e. The molecule has 0 saturated carbocycles. The molecule has 5 heteroatoms. The van der Waals surface area contributed by atoms with Crippen LogP contribution in [-0.4, -0.2) is 45.3 Å². The van der Waals surface area contributed by atoms with Crippen molar-refractivity contribution in [1.82, 2.24) is 21.3 Å². The van der Waals surface area contributed by atoms with Gasteiger partial charge in [-0.05, 0) is 23.1 Å². The van der Waals surface area contributed by atoms with Crippen LogP contribution in [0.25, 0.3) is 0 Å². The first-order valence-corrected chi connectivity index (χ1v) is 10.1. The molecule has 2 fully saturated rings. The van der Waals surface area contributed by atoms with Crippen LogP contribution in [0.15, 0.2) is 54.6 Å². The third-order valence-electron chi connectivity index (χ3n) is 5.11. The van der Waals surface area contributed by atoms with Crippen molar-refractivity contribution in [1.29, 1.82) is 0 Å². The summed E-state index contributed by atoms with van der Waals surface area (Å²) in [6.45, 7) is 7.04. The molecule has 2 aliphatic rings. The molecule has 2 saturated heterocycles. The van der Waals surface area contributed by atoms with Crippen molar-refractivity contribution >= 4 is 0 Å². The van der Waals surface area contributed by atoms with E-state index in [1.54, 1.807) is 0 Å². The third-order valence-corrected chi connectivity index (χ3v) is 5.11. The minimum Gasteiger partial charge on any atom is -0.326 e. The number of nitrogens with one attached hydrogen (secondary N) is 4. The van der Waals surface area contributed by atoms with Crippen LogP contribution in [0, 0.1) is 0 Å². The number of benzene rings is 2. The molecule has 0 amide bonds. The highest BCUT2D eigenvalue weighted by molar-refractivity contribution is 5.25. The summed E-state index contributed by atoms with van der Waals surface area (Å²) >= 11 is 0. The van der Waals surface area contributed by atoms with Gasteiger partial charge in [-0.1, -0.05) is 54.6 Å². The van der Waals surface area contributed by atoms with E-state index in [0.717, 1.165) is 45.7 Å². The van der Waals surface area contributed by atoms with Crippen LogP contribution in [0.1, 0.15) is 22.7 Å². The fourth-order valence-electron chi connectivity index (χ4n) is 3.53. The summed E-state index contributed by atoms with van der Waals surface area (Å²) in [5.74, 6) is 0. The molecule has 0 spiro atoms. The van der Waals surface area contributed by atoms with Crippen molar-refractivity contribution in [2.24, 2.45) is 5.73 Å². The Morgan fingerprint density at radius 1 is 0.741 bits per heavy atom. The monoisotopic (exact) mass is 367 g/mol. The molecule has 2 aromatic carbocycles.